The Hall–Kier alpha value is -2.24. The van der Waals surface area contributed by atoms with Gasteiger partial charge in [-0.05, 0) is 41.8 Å². The summed E-state index contributed by atoms with van der Waals surface area (Å²) in [5, 5.41) is 20.6. The largest absolute Gasteiger partial charge is 0.502 e. The Morgan fingerprint density at radius 3 is 2.35 bits per heavy atom. The highest BCUT2D eigenvalue weighted by atomic mass is 35.5. The molecule has 0 spiro atoms. The van der Waals surface area contributed by atoms with Gasteiger partial charge in [0.2, 0.25) is 17.4 Å². The van der Waals surface area contributed by atoms with Gasteiger partial charge in [0.15, 0.2) is 5.76 Å². The van der Waals surface area contributed by atoms with E-state index in [2.05, 4.69) is 4.72 Å². The van der Waals surface area contributed by atoms with Crippen LogP contribution in [-0.4, -0.2) is 10.2 Å². The van der Waals surface area contributed by atoms with Crippen LogP contribution in [0.15, 0.2) is 59.0 Å². The highest BCUT2D eigenvalue weighted by Gasteiger charge is 2.20. The van der Waals surface area contributed by atoms with Crippen LogP contribution < -0.4 is 4.72 Å². The van der Waals surface area contributed by atoms with E-state index in [1.165, 1.54) is 11.9 Å². The molecule has 1 aromatic heterocycles. The van der Waals surface area contributed by atoms with E-state index < -0.39 is 0 Å². The smallest absolute Gasteiger partial charge is 0.250 e. The van der Waals surface area contributed by atoms with Crippen LogP contribution in [0.3, 0.4) is 0 Å². The second-order valence-corrected chi connectivity index (χ2v) is 6.06. The molecule has 0 fully saturated rings. The Kier molecular flexibility index (Phi) is 4.69. The molecule has 0 saturated carbocycles. The van der Waals surface area contributed by atoms with Crippen molar-refractivity contribution in [1.82, 2.24) is 0 Å². The van der Waals surface area contributed by atoms with Crippen LogP contribution in [0.1, 0.15) is 5.56 Å². The standard InChI is InChI=1S/C17H14ClNO3S/c18-13-8-6-12(7-9-13)16-14(20)15(21)17(22-16)19-23-10-11-4-2-1-3-5-11/h1-9,19-21H,10H2. The minimum Gasteiger partial charge on any atom is -0.502 e. The highest BCUT2D eigenvalue weighted by Crippen LogP contribution is 2.46. The number of nitrogens with one attached hydrogen (secondary N) is 1. The van der Waals surface area contributed by atoms with Gasteiger partial charge in [0.25, 0.3) is 0 Å². The van der Waals surface area contributed by atoms with Gasteiger partial charge in [-0.2, -0.15) is 0 Å². The highest BCUT2D eigenvalue weighted by molar-refractivity contribution is 7.99. The summed E-state index contributed by atoms with van der Waals surface area (Å²) in [5.41, 5.74) is 1.77. The maximum atomic E-state index is 10.0. The number of hydrogen-bond acceptors (Lipinski definition) is 5. The van der Waals surface area contributed by atoms with Crippen LogP contribution in [-0.2, 0) is 5.75 Å². The third-order valence-corrected chi connectivity index (χ3v) is 4.27. The Balaban J connectivity index is 1.73. The fourth-order valence-electron chi connectivity index (χ4n) is 2.04. The maximum absolute atomic E-state index is 10.0. The van der Waals surface area contributed by atoms with Gasteiger partial charge in [0, 0.05) is 16.3 Å². The van der Waals surface area contributed by atoms with Crippen molar-refractivity contribution in [2.45, 2.75) is 5.75 Å². The summed E-state index contributed by atoms with van der Waals surface area (Å²) in [6.07, 6.45) is 0. The molecule has 0 atom stereocenters. The molecule has 0 amide bonds. The van der Waals surface area contributed by atoms with Crippen LogP contribution in [0.5, 0.6) is 11.5 Å². The molecule has 4 nitrogen and oxygen atoms in total. The summed E-state index contributed by atoms with van der Waals surface area (Å²) in [7, 11) is 0. The molecule has 0 aliphatic carbocycles. The minimum absolute atomic E-state index is 0.119. The van der Waals surface area contributed by atoms with Gasteiger partial charge in [0.05, 0.1) is 0 Å². The number of aromatic hydroxyl groups is 2. The number of halogens is 1. The Labute approximate surface area is 142 Å². The molecule has 2 aromatic carbocycles. The average molecular weight is 348 g/mol. The van der Waals surface area contributed by atoms with Gasteiger partial charge in [-0.15, -0.1) is 0 Å². The van der Waals surface area contributed by atoms with Crippen molar-refractivity contribution in [2.75, 3.05) is 4.72 Å². The monoisotopic (exact) mass is 347 g/mol. The van der Waals surface area contributed by atoms with Crippen molar-refractivity contribution >= 4 is 29.4 Å². The zero-order valence-corrected chi connectivity index (χ0v) is 13.6. The van der Waals surface area contributed by atoms with Crippen molar-refractivity contribution < 1.29 is 14.6 Å². The molecule has 0 saturated heterocycles. The SMILES string of the molecule is Oc1c(NSCc2ccccc2)oc(-c2ccc(Cl)cc2)c1O. The van der Waals surface area contributed by atoms with Crippen molar-refractivity contribution in [3.05, 3.63) is 65.2 Å². The summed E-state index contributed by atoms with van der Waals surface area (Å²) in [4.78, 5) is 0. The number of rotatable bonds is 5. The van der Waals surface area contributed by atoms with Crippen LogP contribution >= 0.6 is 23.5 Å². The second-order valence-electron chi connectivity index (χ2n) is 4.84. The van der Waals surface area contributed by atoms with Crippen molar-refractivity contribution in [1.29, 1.82) is 0 Å². The molecular weight excluding hydrogens is 334 g/mol. The van der Waals surface area contributed by atoms with E-state index in [-0.39, 0.29) is 23.1 Å². The lowest BCUT2D eigenvalue weighted by atomic mass is 10.1. The third kappa shape index (κ3) is 3.57. The van der Waals surface area contributed by atoms with Crippen molar-refractivity contribution in [2.24, 2.45) is 0 Å². The molecule has 0 aliphatic rings. The molecule has 0 bridgehead atoms. The fourth-order valence-corrected chi connectivity index (χ4v) is 2.87. The number of hydrogen-bond donors (Lipinski definition) is 3. The first-order valence-electron chi connectivity index (χ1n) is 6.87. The quantitative estimate of drug-likeness (QED) is 0.548. The minimum atomic E-state index is -0.310. The lowest BCUT2D eigenvalue weighted by molar-refractivity contribution is 0.410. The van der Waals surface area contributed by atoms with Gasteiger partial charge in [-0.25, -0.2) is 0 Å². The van der Waals surface area contributed by atoms with Crippen molar-refractivity contribution in [3.8, 4) is 22.8 Å². The zero-order valence-electron chi connectivity index (χ0n) is 12.0. The summed E-state index contributed by atoms with van der Waals surface area (Å²) >= 11 is 7.20. The van der Waals surface area contributed by atoms with Crippen LogP contribution in [0.4, 0.5) is 5.88 Å². The van der Waals surface area contributed by atoms with Crippen LogP contribution in [0.2, 0.25) is 5.02 Å². The van der Waals surface area contributed by atoms with E-state index in [9.17, 15) is 10.2 Å². The van der Waals surface area contributed by atoms with Crippen LogP contribution in [0.25, 0.3) is 11.3 Å². The van der Waals surface area contributed by atoms with E-state index in [0.717, 1.165) is 5.56 Å². The third-order valence-electron chi connectivity index (χ3n) is 3.21. The fraction of sp³-hybridized carbons (Fsp3) is 0.0588. The van der Waals surface area contributed by atoms with Gasteiger partial charge < -0.3 is 14.6 Å². The molecule has 0 radical (unpaired) electrons. The first-order valence-corrected chi connectivity index (χ1v) is 8.24. The van der Waals surface area contributed by atoms with Gasteiger partial charge in [0.1, 0.15) is 0 Å². The topological polar surface area (TPSA) is 65.6 Å². The molecule has 3 N–H and O–H groups in total. The maximum Gasteiger partial charge on any atom is 0.250 e. The van der Waals surface area contributed by atoms with Crippen molar-refractivity contribution in [3.63, 3.8) is 0 Å². The molecule has 6 heteroatoms. The predicted molar refractivity (Wildman–Crippen MR) is 93.8 cm³/mol. The molecule has 118 valence electrons. The second kappa shape index (κ2) is 6.89. The normalized spacial score (nSPS) is 10.7. The molecule has 23 heavy (non-hydrogen) atoms. The number of anilines is 1. The Morgan fingerprint density at radius 2 is 1.65 bits per heavy atom. The summed E-state index contributed by atoms with van der Waals surface area (Å²) < 4.78 is 8.45. The molecule has 0 aliphatic heterocycles. The molecular formula is C17H14ClNO3S. The van der Waals surface area contributed by atoms with Gasteiger partial charge >= 0.3 is 0 Å². The lowest BCUT2D eigenvalue weighted by Gasteiger charge is -2.02. The van der Waals surface area contributed by atoms with E-state index in [1.54, 1.807) is 24.3 Å². The molecule has 3 rings (SSSR count). The average Bonchev–Trinajstić information content (AvgIpc) is 2.85. The lowest BCUT2D eigenvalue weighted by Crippen LogP contribution is -1.87. The Bertz CT molecular complexity index is 788. The summed E-state index contributed by atoms with van der Waals surface area (Å²) in [6, 6.07) is 16.7. The zero-order chi connectivity index (χ0) is 16.2. The first-order chi connectivity index (χ1) is 11.1. The van der Waals surface area contributed by atoms with E-state index in [4.69, 9.17) is 16.0 Å². The number of furan rings is 1. The van der Waals surface area contributed by atoms with E-state index >= 15 is 0 Å². The predicted octanol–water partition coefficient (Wildman–Crippen LogP) is 5.27. The summed E-state index contributed by atoms with van der Waals surface area (Å²) in [6.45, 7) is 0. The summed E-state index contributed by atoms with van der Waals surface area (Å²) in [5.74, 6) is 0.402. The molecule has 3 aromatic rings. The molecule has 1 heterocycles. The number of benzene rings is 2. The molecule has 0 unspecified atom stereocenters. The van der Waals surface area contributed by atoms with Gasteiger partial charge in [-0.3, -0.25) is 4.72 Å². The van der Waals surface area contributed by atoms with Gasteiger partial charge in [-0.1, -0.05) is 41.9 Å². The van der Waals surface area contributed by atoms with E-state index in [1.807, 2.05) is 30.3 Å². The van der Waals surface area contributed by atoms with Crippen LogP contribution in [0, 0.1) is 0 Å². The first kappa shape index (κ1) is 15.6. The van der Waals surface area contributed by atoms with E-state index in [0.29, 0.717) is 16.3 Å². The Morgan fingerprint density at radius 1 is 0.957 bits per heavy atom.